The van der Waals surface area contributed by atoms with Crippen LogP contribution in [0, 0.1) is 11.8 Å². The molecule has 0 spiro atoms. The van der Waals surface area contributed by atoms with Gasteiger partial charge in [-0.25, -0.2) is 4.79 Å². The molecule has 3 atom stereocenters. The standard InChI is InChI=1S/C18H19N3O4/c1-23-17(22)15-11-25-18(24-10-12-5-3-2-4-6-12)16-13(9-20-21-19)7-8-14(15)16/h2-7,11,14,16,18H,8-10H2,1H3/t14-,16-,18-/m1/s1. The maximum Gasteiger partial charge on any atom is 0.337 e. The van der Waals surface area contributed by atoms with Gasteiger partial charge in [0.2, 0.25) is 6.29 Å². The average Bonchev–Trinajstić information content (AvgIpc) is 3.09. The van der Waals surface area contributed by atoms with E-state index in [9.17, 15) is 4.79 Å². The number of ether oxygens (including phenoxy) is 3. The minimum atomic E-state index is -0.541. The molecule has 0 unspecified atom stereocenters. The fourth-order valence-electron chi connectivity index (χ4n) is 3.31. The van der Waals surface area contributed by atoms with Crippen LogP contribution in [-0.4, -0.2) is 25.9 Å². The first kappa shape index (κ1) is 17.1. The molecule has 0 bridgehead atoms. The van der Waals surface area contributed by atoms with Crippen molar-refractivity contribution in [3.8, 4) is 0 Å². The molecule has 0 saturated carbocycles. The zero-order chi connectivity index (χ0) is 17.6. The summed E-state index contributed by atoms with van der Waals surface area (Å²) >= 11 is 0. The number of esters is 1. The highest BCUT2D eigenvalue weighted by atomic mass is 16.7. The number of fused-ring (bicyclic) bond motifs is 1. The number of rotatable bonds is 6. The summed E-state index contributed by atoms with van der Waals surface area (Å²) in [6.07, 6.45) is 3.55. The molecule has 0 N–H and O–H groups in total. The summed E-state index contributed by atoms with van der Waals surface area (Å²) in [4.78, 5) is 14.8. The summed E-state index contributed by atoms with van der Waals surface area (Å²) in [6, 6.07) is 9.78. The van der Waals surface area contributed by atoms with Gasteiger partial charge in [0.05, 0.1) is 31.5 Å². The van der Waals surface area contributed by atoms with Crippen LogP contribution in [0.1, 0.15) is 12.0 Å². The zero-order valence-corrected chi connectivity index (χ0v) is 13.9. The zero-order valence-electron chi connectivity index (χ0n) is 13.9. The molecule has 3 rings (SSSR count). The van der Waals surface area contributed by atoms with Crippen molar-refractivity contribution in [2.75, 3.05) is 13.7 Å². The van der Waals surface area contributed by atoms with Gasteiger partial charge in [-0.15, -0.1) is 0 Å². The summed E-state index contributed by atoms with van der Waals surface area (Å²) in [6.45, 7) is 0.631. The quantitative estimate of drug-likeness (QED) is 0.260. The lowest BCUT2D eigenvalue weighted by Gasteiger charge is -2.34. The molecule has 130 valence electrons. The van der Waals surface area contributed by atoms with E-state index in [1.54, 1.807) is 0 Å². The van der Waals surface area contributed by atoms with E-state index in [1.807, 2.05) is 36.4 Å². The predicted octanol–water partition coefficient (Wildman–Crippen LogP) is 3.49. The second-order valence-electron chi connectivity index (χ2n) is 5.90. The minimum absolute atomic E-state index is 0.0918. The Bertz CT molecular complexity index is 738. The highest BCUT2D eigenvalue weighted by Crippen LogP contribution is 2.44. The van der Waals surface area contributed by atoms with Crippen molar-refractivity contribution in [2.45, 2.75) is 19.3 Å². The Labute approximate surface area is 145 Å². The number of hydrogen-bond acceptors (Lipinski definition) is 5. The second kappa shape index (κ2) is 7.88. The van der Waals surface area contributed by atoms with Gasteiger partial charge in [0, 0.05) is 17.4 Å². The van der Waals surface area contributed by atoms with Crippen molar-refractivity contribution >= 4 is 5.97 Å². The van der Waals surface area contributed by atoms with E-state index < -0.39 is 12.3 Å². The molecule has 1 aliphatic carbocycles. The molecule has 1 heterocycles. The third-order valence-corrected chi connectivity index (χ3v) is 4.51. The van der Waals surface area contributed by atoms with Gasteiger partial charge < -0.3 is 14.2 Å². The van der Waals surface area contributed by atoms with Crippen LogP contribution in [-0.2, 0) is 25.6 Å². The molecule has 1 aromatic carbocycles. The highest BCUT2D eigenvalue weighted by Gasteiger charge is 2.44. The summed E-state index contributed by atoms with van der Waals surface area (Å²) in [7, 11) is 1.35. The molecule has 0 aromatic heterocycles. The third kappa shape index (κ3) is 3.68. The van der Waals surface area contributed by atoms with Crippen LogP contribution < -0.4 is 0 Å². The predicted molar refractivity (Wildman–Crippen MR) is 89.9 cm³/mol. The molecule has 0 radical (unpaired) electrons. The van der Waals surface area contributed by atoms with Crippen LogP contribution in [0.4, 0.5) is 0 Å². The van der Waals surface area contributed by atoms with E-state index in [-0.39, 0.29) is 18.4 Å². The highest BCUT2D eigenvalue weighted by molar-refractivity contribution is 5.89. The summed E-state index contributed by atoms with van der Waals surface area (Å²) in [5, 5.41) is 3.65. The van der Waals surface area contributed by atoms with Crippen molar-refractivity contribution in [1.82, 2.24) is 0 Å². The average molecular weight is 341 g/mol. The Kier molecular flexibility index (Phi) is 5.38. The molecule has 7 heteroatoms. The van der Waals surface area contributed by atoms with Crippen molar-refractivity contribution in [2.24, 2.45) is 17.0 Å². The Morgan fingerprint density at radius 1 is 1.40 bits per heavy atom. The summed E-state index contributed by atoms with van der Waals surface area (Å²) in [5.41, 5.74) is 11.0. The number of nitrogens with zero attached hydrogens (tertiary/aromatic N) is 3. The lowest BCUT2D eigenvalue weighted by atomic mass is 9.83. The van der Waals surface area contributed by atoms with Gasteiger partial charge in [-0.3, -0.25) is 0 Å². The first-order valence-corrected chi connectivity index (χ1v) is 8.03. The Morgan fingerprint density at radius 3 is 2.92 bits per heavy atom. The Balaban J connectivity index is 1.79. The fraction of sp³-hybridized carbons (Fsp3) is 0.389. The number of methoxy groups -OCH3 is 1. The molecule has 0 amide bonds. The second-order valence-corrected chi connectivity index (χ2v) is 5.90. The SMILES string of the molecule is COC(=O)C1=CO[C@@H](OCc2ccccc2)[C@@H]2C(CN=[N+]=[N-])=CC[C@H]12. The topological polar surface area (TPSA) is 93.5 Å². The molecular weight excluding hydrogens is 322 g/mol. The van der Waals surface area contributed by atoms with Crippen LogP contribution in [0.15, 0.2) is 58.9 Å². The van der Waals surface area contributed by atoms with Crippen molar-refractivity contribution in [3.63, 3.8) is 0 Å². The summed E-state index contributed by atoms with van der Waals surface area (Å²) in [5.74, 6) is -0.672. The molecule has 25 heavy (non-hydrogen) atoms. The Hall–Kier alpha value is -2.76. The first-order valence-electron chi connectivity index (χ1n) is 8.03. The Morgan fingerprint density at radius 2 is 2.20 bits per heavy atom. The minimum Gasteiger partial charge on any atom is -0.471 e. The largest absolute Gasteiger partial charge is 0.471 e. The number of hydrogen-bond donors (Lipinski definition) is 0. The number of carbonyl (C=O) groups is 1. The van der Waals surface area contributed by atoms with Gasteiger partial charge in [-0.1, -0.05) is 47.1 Å². The van der Waals surface area contributed by atoms with Gasteiger partial charge in [-0.2, -0.15) is 0 Å². The molecule has 1 aliphatic heterocycles. The maximum absolute atomic E-state index is 12.0. The van der Waals surface area contributed by atoms with Crippen molar-refractivity contribution < 1.29 is 19.0 Å². The summed E-state index contributed by atoms with van der Waals surface area (Å²) < 4.78 is 16.5. The molecule has 0 saturated heterocycles. The molecular formula is C18H19N3O4. The maximum atomic E-state index is 12.0. The lowest BCUT2D eigenvalue weighted by molar-refractivity contribution is -0.160. The van der Waals surface area contributed by atoms with Crippen LogP contribution in [0.5, 0.6) is 0 Å². The van der Waals surface area contributed by atoms with Gasteiger partial charge in [0.15, 0.2) is 0 Å². The molecule has 0 fully saturated rings. The van der Waals surface area contributed by atoms with E-state index in [4.69, 9.17) is 19.7 Å². The lowest BCUT2D eigenvalue weighted by Crippen LogP contribution is -2.37. The van der Waals surface area contributed by atoms with E-state index in [0.29, 0.717) is 18.6 Å². The smallest absolute Gasteiger partial charge is 0.337 e. The monoisotopic (exact) mass is 341 g/mol. The van der Waals surface area contributed by atoms with Gasteiger partial charge >= 0.3 is 5.97 Å². The molecule has 7 nitrogen and oxygen atoms in total. The van der Waals surface area contributed by atoms with Crippen LogP contribution in [0.2, 0.25) is 0 Å². The first-order chi connectivity index (χ1) is 12.2. The normalized spacial score (nSPS) is 24.3. The third-order valence-electron chi connectivity index (χ3n) is 4.51. The van der Waals surface area contributed by atoms with E-state index >= 15 is 0 Å². The van der Waals surface area contributed by atoms with Gasteiger partial charge in [-0.05, 0) is 17.5 Å². The van der Waals surface area contributed by atoms with E-state index in [1.165, 1.54) is 13.4 Å². The number of azide groups is 1. The van der Waals surface area contributed by atoms with Crippen LogP contribution >= 0.6 is 0 Å². The number of carbonyl (C=O) groups excluding carboxylic acids is 1. The molecule has 1 aromatic rings. The molecule has 2 aliphatic rings. The van der Waals surface area contributed by atoms with E-state index in [0.717, 1.165) is 11.1 Å². The van der Waals surface area contributed by atoms with Crippen molar-refractivity contribution in [3.05, 3.63) is 69.8 Å². The van der Waals surface area contributed by atoms with Crippen molar-refractivity contribution in [1.29, 1.82) is 0 Å². The van der Waals surface area contributed by atoms with E-state index in [2.05, 4.69) is 10.0 Å². The fourth-order valence-corrected chi connectivity index (χ4v) is 3.31. The van der Waals surface area contributed by atoms with Gasteiger partial charge in [0.1, 0.15) is 0 Å². The number of allylic oxidation sites excluding steroid dienone is 1. The van der Waals surface area contributed by atoms with Crippen LogP contribution in [0.25, 0.3) is 10.4 Å². The van der Waals surface area contributed by atoms with Crippen LogP contribution in [0.3, 0.4) is 0 Å². The number of benzene rings is 1. The van der Waals surface area contributed by atoms with Gasteiger partial charge in [0.25, 0.3) is 0 Å².